The van der Waals surface area contributed by atoms with Gasteiger partial charge in [-0.2, -0.15) is 0 Å². The van der Waals surface area contributed by atoms with Gasteiger partial charge >= 0.3 is 0 Å². The Labute approximate surface area is 147 Å². The quantitative estimate of drug-likeness (QED) is 0.813. The van der Waals surface area contributed by atoms with E-state index in [9.17, 15) is 9.59 Å². The van der Waals surface area contributed by atoms with Crippen LogP contribution in [0.1, 0.15) is 23.2 Å². The molecule has 2 saturated heterocycles. The molecule has 25 heavy (non-hydrogen) atoms. The van der Waals surface area contributed by atoms with Crippen LogP contribution in [-0.2, 0) is 9.53 Å². The number of nitrogens with zero attached hydrogens (tertiary/aromatic N) is 2. The summed E-state index contributed by atoms with van der Waals surface area (Å²) >= 11 is 0. The van der Waals surface area contributed by atoms with Crippen molar-refractivity contribution in [2.24, 2.45) is 0 Å². The molecule has 2 aliphatic heterocycles. The molecular weight excluding hydrogens is 322 g/mol. The summed E-state index contributed by atoms with van der Waals surface area (Å²) in [4.78, 5) is 28.8. The molecule has 1 aromatic rings. The molecule has 2 N–H and O–H groups in total. The van der Waals surface area contributed by atoms with Crippen LogP contribution in [-0.4, -0.2) is 78.8 Å². The molecule has 7 heteroatoms. The lowest BCUT2D eigenvalue weighted by Gasteiger charge is -2.34. The van der Waals surface area contributed by atoms with Crippen molar-refractivity contribution in [2.75, 3.05) is 51.3 Å². The molecule has 2 aliphatic rings. The van der Waals surface area contributed by atoms with Gasteiger partial charge < -0.3 is 20.1 Å². The van der Waals surface area contributed by atoms with Crippen LogP contribution in [0.4, 0.5) is 5.69 Å². The molecule has 0 radical (unpaired) electrons. The number of carbonyl (C=O) groups excluding carboxylic acids is 2. The molecule has 0 unspecified atom stereocenters. The lowest BCUT2D eigenvalue weighted by Crippen LogP contribution is -2.49. The van der Waals surface area contributed by atoms with Crippen molar-refractivity contribution in [1.29, 1.82) is 0 Å². The molecule has 1 atom stereocenters. The number of rotatable bonds is 5. The molecule has 0 saturated carbocycles. The number of benzene rings is 1. The minimum atomic E-state index is -0.390. The number of piperazine rings is 1. The van der Waals surface area contributed by atoms with Gasteiger partial charge in [0.15, 0.2) is 0 Å². The highest BCUT2D eigenvalue weighted by molar-refractivity contribution is 5.98. The van der Waals surface area contributed by atoms with E-state index in [2.05, 4.69) is 10.2 Å². The third-order valence-electron chi connectivity index (χ3n) is 4.67. The molecule has 0 aromatic heterocycles. The topological polar surface area (TPSA) is 82.1 Å². The van der Waals surface area contributed by atoms with Crippen LogP contribution in [0.3, 0.4) is 0 Å². The van der Waals surface area contributed by atoms with Crippen molar-refractivity contribution in [3.05, 3.63) is 29.8 Å². The number of aliphatic hydroxyl groups excluding tert-OH is 1. The Hall–Kier alpha value is -1.96. The summed E-state index contributed by atoms with van der Waals surface area (Å²) in [7, 11) is 0. The highest BCUT2D eigenvalue weighted by Crippen LogP contribution is 2.17. The Morgan fingerprint density at radius 3 is 2.72 bits per heavy atom. The second-order valence-electron chi connectivity index (χ2n) is 6.43. The van der Waals surface area contributed by atoms with Crippen LogP contribution in [0.5, 0.6) is 0 Å². The normalized spacial score (nSPS) is 21.3. The van der Waals surface area contributed by atoms with Crippen molar-refractivity contribution in [3.8, 4) is 0 Å². The van der Waals surface area contributed by atoms with Crippen molar-refractivity contribution < 1.29 is 19.4 Å². The lowest BCUT2D eigenvalue weighted by atomic mass is 10.1. The molecule has 2 amide bonds. The second kappa shape index (κ2) is 8.42. The standard InChI is InChI=1S/C18H25N3O4/c22-11-10-20-6-8-21(9-7-20)18(24)14-3-1-4-15(13-14)19-17(23)16-5-2-12-25-16/h1,3-4,13,16,22H,2,5-12H2,(H,19,23)/t16-/m0/s1. The summed E-state index contributed by atoms with van der Waals surface area (Å²) in [6.45, 7) is 4.23. The molecule has 0 aliphatic carbocycles. The first-order chi connectivity index (χ1) is 12.2. The first-order valence-corrected chi connectivity index (χ1v) is 8.82. The maximum absolute atomic E-state index is 12.7. The van der Waals surface area contributed by atoms with Crippen molar-refractivity contribution in [3.63, 3.8) is 0 Å². The number of ether oxygens (including phenoxy) is 1. The molecular formula is C18H25N3O4. The fraction of sp³-hybridized carbons (Fsp3) is 0.556. The van der Waals surface area contributed by atoms with Gasteiger partial charge in [0.1, 0.15) is 6.10 Å². The summed E-state index contributed by atoms with van der Waals surface area (Å²) in [5.74, 6) is -0.184. The third-order valence-corrected chi connectivity index (χ3v) is 4.67. The van der Waals surface area contributed by atoms with Gasteiger partial charge in [0.25, 0.3) is 11.8 Å². The highest BCUT2D eigenvalue weighted by atomic mass is 16.5. The largest absolute Gasteiger partial charge is 0.395 e. The number of β-amino-alcohol motifs (C(OH)–C–C–N with tert-alkyl or cyclic N) is 1. The minimum absolute atomic E-state index is 0.0307. The van der Waals surface area contributed by atoms with E-state index in [1.165, 1.54) is 0 Å². The van der Waals surface area contributed by atoms with Gasteiger partial charge in [0.05, 0.1) is 6.61 Å². The number of nitrogens with one attached hydrogen (secondary N) is 1. The zero-order valence-corrected chi connectivity index (χ0v) is 14.3. The molecule has 0 bridgehead atoms. The zero-order valence-electron chi connectivity index (χ0n) is 14.3. The smallest absolute Gasteiger partial charge is 0.254 e. The zero-order chi connectivity index (χ0) is 17.6. The van der Waals surface area contributed by atoms with Crippen LogP contribution < -0.4 is 5.32 Å². The van der Waals surface area contributed by atoms with Crippen molar-refractivity contribution in [1.82, 2.24) is 9.80 Å². The Kier molecular flexibility index (Phi) is 6.01. The average Bonchev–Trinajstić information content (AvgIpc) is 3.17. The van der Waals surface area contributed by atoms with Crippen LogP contribution >= 0.6 is 0 Å². The van der Waals surface area contributed by atoms with E-state index in [1.54, 1.807) is 24.3 Å². The minimum Gasteiger partial charge on any atom is -0.395 e. The van der Waals surface area contributed by atoms with E-state index in [0.717, 1.165) is 25.9 Å². The maximum Gasteiger partial charge on any atom is 0.254 e. The van der Waals surface area contributed by atoms with Gasteiger partial charge in [-0.15, -0.1) is 0 Å². The predicted octanol–water partition coefficient (Wildman–Crippen LogP) is 0.554. The van der Waals surface area contributed by atoms with E-state index < -0.39 is 0 Å². The molecule has 2 heterocycles. The van der Waals surface area contributed by atoms with Gasteiger partial charge in [-0.1, -0.05) is 6.07 Å². The maximum atomic E-state index is 12.7. The van der Waals surface area contributed by atoms with Crippen LogP contribution in [0.15, 0.2) is 24.3 Å². The monoisotopic (exact) mass is 347 g/mol. The summed E-state index contributed by atoms with van der Waals surface area (Å²) < 4.78 is 5.38. The Morgan fingerprint density at radius 1 is 1.24 bits per heavy atom. The third kappa shape index (κ3) is 4.56. The molecule has 136 valence electrons. The number of hydrogen-bond acceptors (Lipinski definition) is 5. The number of carbonyl (C=O) groups is 2. The summed E-state index contributed by atoms with van der Waals surface area (Å²) in [6.07, 6.45) is 1.25. The van der Waals surface area contributed by atoms with Crippen molar-refractivity contribution in [2.45, 2.75) is 18.9 Å². The van der Waals surface area contributed by atoms with Crippen LogP contribution in [0.2, 0.25) is 0 Å². The van der Waals surface area contributed by atoms with Gasteiger partial charge in [-0.3, -0.25) is 14.5 Å². The van der Waals surface area contributed by atoms with E-state index in [-0.39, 0.29) is 24.5 Å². The fourth-order valence-corrected chi connectivity index (χ4v) is 3.24. The summed E-state index contributed by atoms with van der Waals surface area (Å²) in [5.41, 5.74) is 1.19. The number of hydrogen-bond donors (Lipinski definition) is 2. The van der Waals surface area contributed by atoms with E-state index in [4.69, 9.17) is 9.84 Å². The Morgan fingerprint density at radius 2 is 2.04 bits per heavy atom. The number of amides is 2. The summed E-state index contributed by atoms with van der Waals surface area (Å²) in [5, 5.41) is 11.8. The van der Waals surface area contributed by atoms with E-state index in [1.807, 2.05) is 4.90 Å². The first-order valence-electron chi connectivity index (χ1n) is 8.82. The molecule has 2 fully saturated rings. The number of aliphatic hydroxyl groups is 1. The van der Waals surface area contributed by atoms with Gasteiger partial charge in [0.2, 0.25) is 0 Å². The van der Waals surface area contributed by atoms with Gasteiger partial charge in [0, 0.05) is 50.6 Å². The van der Waals surface area contributed by atoms with E-state index in [0.29, 0.717) is 37.5 Å². The van der Waals surface area contributed by atoms with Gasteiger partial charge in [-0.25, -0.2) is 0 Å². The van der Waals surface area contributed by atoms with Crippen molar-refractivity contribution >= 4 is 17.5 Å². The molecule has 7 nitrogen and oxygen atoms in total. The molecule has 1 aromatic carbocycles. The predicted molar refractivity (Wildman–Crippen MR) is 93.5 cm³/mol. The van der Waals surface area contributed by atoms with Crippen LogP contribution in [0.25, 0.3) is 0 Å². The second-order valence-corrected chi connectivity index (χ2v) is 6.43. The fourth-order valence-electron chi connectivity index (χ4n) is 3.24. The average molecular weight is 347 g/mol. The van der Waals surface area contributed by atoms with Gasteiger partial charge in [-0.05, 0) is 31.0 Å². The lowest BCUT2D eigenvalue weighted by molar-refractivity contribution is -0.124. The number of anilines is 1. The molecule has 0 spiro atoms. The van der Waals surface area contributed by atoms with E-state index >= 15 is 0 Å². The highest BCUT2D eigenvalue weighted by Gasteiger charge is 2.25. The summed E-state index contributed by atoms with van der Waals surface area (Å²) in [6, 6.07) is 7.04. The first kappa shape index (κ1) is 17.8. The Balaban J connectivity index is 1.59. The Bertz CT molecular complexity index is 608. The molecule has 3 rings (SSSR count). The SMILES string of the molecule is O=C(Nc1cccc(C(=O)N2CCN(CCO)CC2)c1)[C@@H]1CCCO1. The van der Waals surface area contributed by atoms with Crippen LogP contribution in [0, 0.1) is 0 Å².